The van der Waals surface area contributed by atoms with Crippen molar-refractivity contribution in [1.82, 2.24) is 15.5 Å². The maximum absolute atomic E-state index is 12.1. The summed E-state index contributed by atoms with van der Waals surface area (Å²) in [4.78, 5) is 25.7. The molecule has 0 aromatic heterocycles. The molecule has 0 unspecified atom stereocenters. The molecule has 2 heterocycles. The van der Waals surface area contributed by atoms with Crippen molar-refractivity contribution in [3.63, 3.8) is 0 Å². The molecular formula is C20H29N3O2. The van der Waals surface area contributed by atoms with E-state index in [4.69, 9.17) is 0 Å². The fourth-order valence-corrected chi connectivity index (χ4v) is 3.72. The quantitative estimate of drug-likeness (QED) is 0.798. The molecule has 1 aromatic rings. The molecular weight excluding hydrogens is 314 g/mol. The zero-order valence-electron chi connectivity index (χ0n) is 14.9. The molecule has 0 spiro atoms. The van der Waals surface area contributed by atoms with Crippen LogP contribution in [0.25, 0.3) is 0 Å². The number of carbonyl (C=O) groups excluding carboxylic acids is 2. The Hall–Kier alpha value is -1.88. The van der Waals surface area contributed by atoms with Crippen LogP contribution in [-0.4, -0.2) is 36.3 Å². The van der Waals surface area contributed by atoms with E-state index in [9.17, 15) is 9.59 Å². The Kier molecular flexibility index (Phi) is 6.45. The summed E-state index contributed by atoms with van der Waals surface area (Å²) in [6.45, 7) is 4.26. The van der Waals surface area contributed by atoms with Crippen LogP contribution in [0.15, 0.2) is 24.3 Å². The molecule has 2 N–H and O–H groups in total. The molecule has 136 valence electrons. The van der Waals surface area contributed by atoms with Crippen LogP contribution in [0.5, 0.6) is 0 Å². The van der Waals surface area contributed by atoms with Gasteiger partial charge in [0.15, 0.2) is 0 Å². The number of nitrogens with one attached hydrogen (secondary N) is 2. The van der Waals surface area contributed by atoms with E-state index in [1.807, 2.05) is 23.1 Å². The van der Waals surface area contributed by atoms with Crippen molar-refractivity contribution in [3.8, 4) is 0 Å². The minimum Gasteiger partial charge on any atom is -0.352 e. The van der Waals surface area contributed by atoms with Gasteiger partial charge in [0.05, 0.1) is 0 Å². The topological polar surface area (TPSA) is 61.4 Å². The average Bonchev–Trinajstić information content (AvgIpc) is 3.04. The lowest BCUT2D eigenvalue weighted by Gasteiger charge is -2.22. The van der Waals surface area contributed by atoms with Gasteiger partial charge in [0, 0.05) is 32.5 Å². The molecule has 0 radical (unpaired) electrons. The van der Waals surface area contributed by atoms with Crippen LogP contribution in [0.4, 0.5) is 0 Å². The monoisotopic (exact) mass is 343 g/mol. The number of amides is 2. The van der Waals surface area contributed by atoms with Gasteiger partial charge in [-0.2, -0.15) is 0 Å². The molecule has 5 nitrogen and oxygen atoms in total. The SMILES string of the molecule is O=C(CCC1CCNCC1)NCc1cccc(CN2CCCC2=O)c1. The third-order valence-electron chi connectivity index (χ3n) is 5.26. The molecule has 5 heteroatoms. The van der Waals surface area contributed by atoms with E-state index >= 15 is 0 Å². The van der Waals surface area contributed by atoms with Gasteiger partial charge in [-0.25, -0.2) is 0 Å². The summed E-state index contributed by atoms with van der Waals surface area (Å²) in [6, 6.07) is 8.18. The van der Waals surface area contributed by atoms with Crippen molar-refractivity contribution in [3.05, 3.63) is 35.4 Å². The molecule has 2 saturated heterocycles. The average molecular weight is 343 g/mol. The molecule has 2 aliphatic heterocycles. The standard InChI is InChI=1S/C20H29N3O2/c24-19(7-6-16-8-10-21-11-9-16)22-14-17-3-1-4-18(13-17)15-23-12-2-5-20(23)25/h1,3-4,13,16,21H,2,5-12,14-15H2,(H,22,24). The number of nitrogens with zero attached hydrogens (tertiary/aromatic N) is 1. The van der Waals surface area contributed by atoms with Gasteiger partial charge in [0.1, 0.15) is 0 Å². The lowest BCUT2D eigenvalue weighted by molar-refractivity contribution is -0.128. The molecule has 2 aliphatic rings. The highest BCUT2D eigenvalue weighted by atomic mass is 16.2. The first-order valence-electron chi connectivity index (χ1n) is 9.54. The highest BCUT2D eigenvalue weighted by Crippen LogP contribution is 2.18. The first-order chi connectivity index (χ1) is 12.2. The lowest BCUT2D eigenvalue weighted by Crippen LogP contribution is -2.29. The van der Waals surface area contributed by atoms with Crippen molar-refractivity contribution in [2.45, 2.75) is 51.6 Å². The fourth-order valence-electron chi connectivity index (χ4n) is 3.72. The summed E-state index contributed by atoms with van der Waals surface area (Å²) in [5.74, 6) is 1.07. The molecule has 0 saturated carbocycles. The zero-order chi connectivity index (χ0) is 17.5. The highest BCUT2D eigenvalue weighted by Gasteiger charge is 2.20. The van der Waals surface area contributed by atoms with Gasteiger partial charge in [0.25, 0.3) is 0 Å². The minimum absolute atomic E-state index is 0.138. The highest BCUT2D eigenvalue weighted by molar-refractivity contribution is 5.78. The van der Waals surface area contributed by atoms with Crippen molar-refractivity contribution in [2.24, 2.45) is 5.92 Å². The predicted molar refractivity (Wildman–Crippen MR) is 97.8 cm³/mol. The summed E-state index contributed by atoms with van der Waals surface area (Å²) in [7, 11) is 0. The van der Waals surface area contributed by atoms with Crippen molar-refractivity contribution in [1.29, 1.82) is 0 Å². The number of rotatable bonds is 7. The first kappa shape index (κ1) is 17.9. The third-order valence-corrected chi connectivity index (χ3v) is 5.26. The Morgan fingerprint density at radius 1 is 1.24 bits per heavy atom. The van der Waals surface area contributed by atoms with Gasteiger partial charge in [-0.15, -0.1) is 0 Å². The Balaban J connectivity index is 1.42. The van der Waals surface area contributed by atoms with Gasteiger partial charge in [-0.1, -0.05) is 24.3 Å². The molecule has 3 rings (SSSR count). The van der Waals surface area contributed by atoms with Crippen molar-refractivity contribution < 1.29 is 9.59 Å². The van der Waals surface area contributed by atoms with E-state index in [-0.39, 0.29) is 11.8 Å². The number of benzene rings is 1. The number of likely N-dealkylation sites (tertiary alicyclic amines) is 1. The van der Waals surface area contributed by atoms with E-state index in [1.165, 1.54) is 12.8 Å². The van der Waals surface area contributed by atoms with Crippen molar-refractivity contribution in [2.75, 3.05) is 19.6 Å². The minimum atomic E-state index is 0.138. The Bertz CT molecular complexity index is 596. The van der Waals surface area contributed by atoms with Gasteiger partial charge < -0.3 is 15.5 Å². The molecule has 1 aromatic carbocycles. The maximum atomic E-state index is 12.1. The second-order valence-corrected chi connectivity index (χ2v) is 7.25. The smallest absolute Gasteiger partial charge is 0.222 e. The van der Waals surface area contributed by atoms with E-state index in [0.29, 0.717) is 31.8 Å². The maximum Gasteiger partial charge on any atom is 0.222 e. The van der Waals surface area contributed by atoms with Crippen LogP contribution in [0.2, 0.25) is 0 Å². The molecule has 2 amide bonds. The van der Waals surface area contributed by atoms with E-state index in [1.54, 1.807) is 0 Å². The normalized spacial score (nSPS) is 18.6. The van der Waals surface area contributed by atoms with E-state index in [0.717, 1.165) is 43.6 Å². The van der Waals surface area contributed by atoms with Crippen LogP contribution in [0.3, 0.4) is 0 Å². The van der Waals surface area contributed by atoms with Gasteiger partial charge in [0.2, 0.25) is 11.8 Å². The molecule has 0 atom stereocenters. The second-order valence-electron chi connectivity index (χ2n) is 7.25. The number of carbonyl (C=O) groups is 2. The molecule has 0 bridgehead atoms. The lowest BCUT2D eigenvalue weighted by atomic mass is 9.93. The number of piperidine rings is 1. The van der Waals surface area contributed by atoms with Crippen LogP contribution in [0.1, 0.15) is 49.7 Å². The first-order valence-corrected chi connectivity index (χ1v) is 9.54. The van der Waals surface area contributed by atoms with Gasteiger partial charge in [-0.3, -0.25) is 9.59 Å². The third kappa shape index (κ3) is 5.56. The fraction of sp³-hybridized carbons (Fsp3) is 0.600. The second kappa shape index (κ2) is 8.99. The van der Waals surface area contributed by atoms with Crippen LogP contribution in [-0.2, 0) is 22.7 Å². The zero-order valence-corrected chi connectivity index (χ0v) is 14.9. The summed E-state index contributed by atoms with van der Waals surface area (Å²) in [5.41, 5.74) is 2.23. The Morgan fingerprint density at radius 2 is 2.04 bits per heavy atom. The Morgan fingerprint density at radius 3 is 2.80 bits per heavy atom. The summed E-state index contributed by atoms with van der Waals surface area (Å²) in [5, 5.41) is 6.39. The van der Waals surface area contributed by atoms with Crippen molar-refractivity contribution >= 4 is 11.8 Å². The van der Waals surface area contributed by atoms with Crippen LogP contribution in [0, 0.1) is 5.92 Å². The van der Waals surface area contributed by atoms with Gasteiger partial charge >= 0.3 is 0 Å². The van der Waals surface area contributed by atoms with Gasteiger partial charge in [-0.05, 0) is 55.8 Å². The molecule has 2 fully saturated rings. The largest absolute Gasteiger partial charge is 0.352 e. The number of hydrogen-bond donors (Lipinski definition) is 2. The van der Waals surface area contributed by atoms with E-state index < -0.39 is 0 Å². The summed E-state index contributed by atoms with van der Waals surface area (Å²) in [6.07, 6.45) is 5.62. The van der Waals surface area contributed by atoms with Crippen LogP contribution >= 0.6 is 0 Å². The predicted octanol–water partition coefficient (Wildman–Crippen LogP) is 2.20. The molecule has 0 aliphatic carbocycles. The summed E-state index contributed by atoms with van der Waals surface area (Å²) < 4.78 is 0. The molecule has 25 heavy (non-hydrogen) atoms. The summed E-state index contributed by atoms with van der Waals surface area (Å²) >= 11 is 0. The Labute approximate surface area is 150 Å². The number of hydrogen-bond acceptors (Lipinski definition) is 3. The van der Waals surface area contributed by atoms with Crippen LogP contribution < -0.4 is 10.6 Å². The van der Waals surface area contributed by atoms with E-state index in [2.05, 4.69) is 16.7 Å².